The molecule has 1 aromatic rings. The van der Waals surface area contributed by atoms with Crippen LogP contribution in [0, 0.1) is 5.82 Å². The Hall–Kier alpha value is -0.810. The van der Waals surface area contributed by atoms with Gasteiger partial charge in [-0.1, -0.05) is 24.9 Å². The van der Waals surface area contributed by atoms with Crippen molar-refractivity contribution in [1.29, 1.82) is 0 Å². The van der Waals surface area contributed by atoms with Gasteiger partial charge in [-0.05, 0) is 34.5 Å². The van der Waals surface area contributed by atoms with Gasteiger partial charge in [-0.15, -0.1) is 0 Å². The second-order valence-corrected chi connectivity index (χ2v) is 4.54. The number of hydrogen-bond donors (Lipinski definition) is 1. The number of nitrogens with one attached hydrogen (secondary N) is 1. The van der Waals surface area contributed by atoms with Crippen molar-refractivity contribution < 1.29 is 13.9 Å². The number of rotatable bonds is 4. The van der Waals surface area contributed by atoms with Gasteiger partial charge in [0, 0.05) is 0 Å². The zero-order chi connectivity index (χ0) is 12.8. The minimum Gasteiger partial charge on any atom is -0.449 e. The molecule has 0 aromatic heterocycles. The lowest BCUT2D eigenvalue weighted by atomic mass is 10.3. The van der Waals surface area contributed by atoms with Crippen molar-refractivity contribution in [2.75, 3.05) is 11.9 Å². The first-order chi connectivity index (χ1) is 8.06. The van der Waals surface area contributed by atoms with Gasteiger partial charge in [0.15, 0.2) is 5.82 Å². The molecular weight excluding hydrogens is 312 g/mol. The van der Waals surface area contributed by atoms with E-state index in [1.165, 1.54) is 12.1 Å². The van der Waals surface area contributed by atoms with E-state index in [0.29, 0.717) is 6.61 Å². The molecule has 0 unspecified atom stereocenters. The highest BCUT2D eigenvalue weighted by molar-refractivity contribution is 9.10. The van der Waals surface area contributed by atoms with Crippen molar-refractivity contribution >= 4 is 39.3 Å². The second kappa shape index (κ2) is 6.81. The van der Waals surface area contributed by atoms with Crippen LogP contribution in [0.1, 0.15) is 19.8 Å². The minimum atomic E-state index is -0.613. The van der Waals surface area contributed by atoms with E-state index >= 15 is 0 Å². The van der Waals surface area contributed by atoms with Gasteiger partial charge in [0.05, 0.1) is 21.8 Å². The molecule has 0 spiro atoms. The molecule has 0 bridgehead atoms. The fraction of sp³-hybridized carbons (Fsp3) is 0.364. The van der Waals surface area contributed by atoms with Gasteiger partial charge in [-0.25, -0.2) is 9.18 Å². The Morgan fingerprint density at radius 2 is 2.29 bits per heavy atom. The minimum absolute atomic E-state index is 0.0122. The van der Waals surface area contributed by atoms with Crippen LogP contribution in [0.2, 0.25) is 5.02 Å². The smallest absolute Gasteiger partial charge is 0.411 e. The van der Waals surface area contributed by atoms with E-state index in [0.717, 1.165) is 12.8 Å². The van der Waals surface area contributed by atoms with Crippen LogP contribution in [0.3, 0.4) is 0 Å². The number of amides is 1. The van der Waals surface area contributed by atoms with Crippen LogP contribution >= 0.6 is 27.5 Å². The highest BCUT2D eigenvalue weighted by Gasteiger charge is 2.12. The fourth-order valence-electron chi connectivity index (χ4n) is 1.08. The molecule has 0 saturated heterocycles. The number of hydrogen-bond acceptors (Lipinski definition) is 2. The molecule has 0 atom stereocenters. The predicted octanol–water partition coefficient (Wildman–Crippen LogP) is 4.59. The molecule has 3 nitrogen and oxygen atoms in total. The Bertz CT molecular complexity index is 415. The topological polar surface area (TPSA) is 38.3 Å². The fourth-order valence-corrected chi connectivity index (χ4v) is 1.79. The third-order valence-corrected chi connectivity index (χ3v) is 3.07. The summed E-state index contributed by atoms with van der Waals surface area (Å²) in [6.07, 6.45) is 1.12. The molecule has 1 N–H and O–H groups in total. The zero-order valence-corrected chi connectivity index (χ0v) is 11.6. The lowest BCUT2D eigenvalue weighted by Gasteiger charge is -2.09. The predicted molar refractivity (Wildman–Crippen MR) is 69.0 cm³/mol. The molecule has 1 amide bonds. The number of unbranched alkanes of at least 4 members (excludes halogenated alkanes) is 1. The maximum absolute atomic E-state index is 13.4. The molecule has 6 heteroatoms. The molecule has 1 aromatic carbocycles. The Labute approximate surface area is 112 Å². The molecule has 0 fully saturated rings. The summed E-state index contributed by atoms with van der Waals surface area (Å²) in [5, 5.41) is 2.42. The van der Waals surface area contributed by atoms with E-state index in [2.05, 4.69) is 21.2 Å². The van der Waals surface area contributed by atoms with Crippen LogP contribution in [-0.4, -0.2) is 12.7 Å². The highest BCUT2D eigenvalue weighted by atomic mass is 79.9. The summed E-state index contributed by atoms with van der Waals surface area (Å²) in [7, 11) is 0. The standard InChI is InChI=1S/C11H12BrClFNO2/c1-2-3-6-17-11(16)15-8-5-4-7(13)10(14)9(8)12/h4-5H,2-3,6H2,1H3,(H,15,16). The number of anilines is 1. The van der Waals surface area contributed by atoms with Crippen molar-refractivity contribution in [3.05, 3.63) is 27.4 Å². The summed E-state index contributed by atoms with van der Waals surface area (Å²) in [5.41, 5.74) is 0.286. The van der Waals surface area contributed by atoms with Crippen LogP contribution < -0.4 is 5.32 Å². The van der Waals surface area contributed by atoms with Gasteiger partial charge in [-0.2, -0.15) is 0 Å². The average Bonchev–Trinajstić information content (AvgIpc) is 2.30. The van der Waals surface area contributed by atoms with Crippen molar-refractivity contribution in [3.8, 4) is 0 Å². The molecule has 0 heterocycles. The molecule has 17 heavy (non-hydrogen) atoms. The van der Waals surface area contributed by atoms with Crippen LogP contribution in [0.25, 0.3) is 0 Å². The van der Waals surface area contributed by atoms with Crippen LogP contribution in [0.15, 0.2) is 16.6 Å². The molecule has 1 rings (SSSR count). The second-order valence-electron chi connectivity index (χ2n) is 3.34. The average molecular weight is 325 g/mol. The molecule has 0 saturated carbocycles. The third-order valence-electron chi connectivity index (χ3n) is 2.00. The summed E-state index contributed by atoms with van der Waals surface area (Å²) in [4.78, 5) is 11.3. The molecular formula is C11H12BrClFNO2. The summed E-state index contributed by atoms with van der Waals surface area (Å²) >= 11 is 8.59. The number of halogens is 3. The van der Waals surface area contributed by atoms with Crippen LogP contribution in [-0.2, 0) is 4.74 Å². The first-order valence-electron chi connectivity index (χ1n) is 5.13. The molecule has 0 aliphatic rings. The van der Waals surface area contributed by atoms with E-state index in [1.54, 1.807) is 0 Å². The summed E-state index contributed by atoms with van der Waals surface area (Å²) < 4.78 is 18.4. The molecule has 0 aliphatic heterocycles. The van der Waals surface area contributed by atoms with Crippen molar-refractivity contribution in [3.63, 3.8) is 0 Å². The normalized spacial score (nSPS) is 10.1. The van der Waals surface area contributed by atoms with Crippen LogP contribution in [0.4, 0.5) is 14.9 Å². The van der Waals surface area contributed by atoms with Crippen molar-refractivity contribution in [1.82, 2.24) is 0 Å². The van der Waals surface area contributed by atoms with E-state index in [9.17, 15) is 9.18 Å². The Morgan fingerprint density at radius 1 is 1.59 bits per heavy atom. The largest absolute Gasteiger partial charge is 0.449 e. The van der Waals surface area contributed by atoms with Gasteiger partial charge >= 0.3 is 6.09 Å². The van der Waals surface area contributed by atoms with E-state index in [-0.39, 0.29) is 15.2 Å². The molecule has 0 radical (unpaired) electrons. The number of ether oxygens (including phenoxy) is 1. The number of carbonyl (C=O) groups is 1. The lowest BCUT2D eigenvalue weighted by molar-refractivity contribution is 0.160. The van der Waals surface area contributed by atoms with Crippen molar-refractivity contribution in [2.45, 2.75) is 19.8 Å². The first kappa shape index (κ1) is 14.3. The van der Waals surface area contributed by atoms with Gasteiger partial charge in [0.1, 0.15) is 0 Å². The summed E-state index contributed by atoms with van der Waals surface area (Å²) in [5.74, 6) is -0.613. The van der Waals surface area contributed by atoms with E-state index in [4.69, 9.17) is 16.3 Å². The third kappa shape index (κ3) is 4.16. The van der Waals surface area contributed by atoms with E-state index < -0.39 is 11.9 Å². The number of benzene rings is 1. The van der Waals surface area contributed by atoms with Gasteiger partial charge in [0.2, 0.25) is 0 Å². The first-order valence-corrected chi connectivity index (χ1v) is 6.30. The van der Waals surface area contributed by atoms with E-state index in [1.807, 2.05) is 6.92 Å². The maximum Gasteiger partial charge on any atom is 0.411 e. The number of carbonyl (C=O) groups excluding carboxylic acids is 1. The van der Waals surface area contributed by atoms with Gasteiger partial charge in [0.25, 0.3) is 0 Å². The maximum atomic E-state index is 13.4. The Balaban J connectivity index is 2.63. The lowest BCUT2D eigenvalue weighted by Crippen LogP contribution is -2.14. The SMILES string of the molecule is CCCCOC(=O)Nc1ccc(Cl)c(F)c1Br. The Morgan fingerprint density at radius 3 is 2.94 bits per heavy atom. The zero-order valence-electron chi connectivity index (χ0n) is 9.23. The highest BCUT2D eigenvalue weighted by Crippen LogP contribution is 2.30. The molecule has 94 valence electrons. The Kier molecular flexibility index (Phi) is 5.71. The monoisotopic (exact) mass is 323 g/mol. The summed E-state index contributed by atoms with van der Waals surface area (Å²) in [6.45, 7) is 2.34. The summed E-state index contributed by atoms with van der Waals surface area (Å²) in [6, 6.07) is 2.86. The van der Waals surface area contributed by atoms with Gasteiger partial charge < -0.3 is 4.74 Å². The van der Waals surface area contributed by atoms with Crippen molar-refractivity contribution in [2.24, 2.45) is 0 Å². The van der Waals surface area contributed by atoms with Crippen LogP contribution in [0.5, 0.6) is 0 Å². The molecule has 0 aliphatic carbocycles. The van der Waals surface area contributed by atoms with Gasteiger partial charge in [-0.3, -0.25) is 5.32 Å². The quantitative estimate of drug-likeness (QED) is 0.650.